The van der Waals surface area contributed by atoms with Crippen LogP contribution in [0, 0.1) is 0 Å². The van der Waals surface area contributed by atoms with Crippen molar-refractivity contribution in [3.8, 4) is 0 Å². The summed E-state index contributed by atoms with van der Waals surface area (Å²) in [5, 5.41) is 2.07. The molecule has 0 aliphatic heterocycles. The van der Waals surface area contributed by atoms with E-state index in [1.54, 1.807) is 16.8 Å². The van der Waals surface area contributed by atoms with Crippen molar-refractivity contribution in [2.24, 2.45) is 5.73 Å². The molecule has 1 aromatic carbocycles. The van der Waals surface area contributed by atoms with Crippen molar-refractivity contribution in [2.45, 2.75) is 19.9 Å². The number of fused-ring (bicyclic) bond motifs is 2. The summed E-state index contributed by atoms with van der Waals surface area (Å²) in [5.41, 5.74) is 8.69. The maximum Gasteiger partial charge on any atom is 0.260 e. The van der Waals surface area contributed by atoms with Crippen molar-refractivity contribution in [3.63, 3.8) is 0 Å². The second kappa shape index (κ2) is 6.15. The standard InChI is InChI=1S/C20H18N4O2/c1-2-14-8-13-4-3-12(7-18(13)23-14)11-24-6-5-15-16(19(21)25)9-22-10-17(15)20(24)26/h3-10,23H,2,11H2,1H3,(H2,21,25). The second-order valence-electron chi connectivity index (χ2n) is 6.33. The molecule has 0 fully saturated rings. The first kappa shape index (κ1) is 16.1. The number of aromatic nitrogens is 3. The van der Waals surface area contributed by atoms with Crippen molar-refractivity contribution in [3.05, 3.63) is 76.1 Å². The number of pyridine rings is 2. The lowest BCUT2D eigenvalue weighted by Gasteiger charge is -2.09. The molecule has 3 N–H and O–H groups in total. The summed E-state index contributed by atoms with van der Waals surface area (Å²) in [6.45, 7) is 2.54. The van der Waals surface area contributed by atoms with Crippen LogP contribution >= 0.6 is 0 Å². The quantitative estimate of drug-likeness (QED) is 0.595. The fourth-order valence-corrected chi connectivity index (χ4v) is 3.25. The number of carbonyl (C=O) groups is 1. The number of nitrogens with one attached hydrogen (secondary N) is 1. The molecule has 0 radical (unpaired) electrons. The lowest BCUT2D eigenvalue weighted by Crippen LogP contribution is -2.21. The number of hydrogen-bond acceptors (Lipinski definition) is 3. The van der Waals surface area contributed by atoms with Crippen molar-refractivity contribution in [1.82, 2.24) is 14.5 Å². The molecule has 0 aliphatic rings. The Hall–Kier alpha value is -3.41. The van der Waals surface area contributed by atoms with E-state index in [9.17, 15) is 9.59 Å². The van der Waals surface area contributed by atoms with E-state index in [1.165, 1.54) is 18.1 Å². The Bertz CT molecular complexity index is 1200. The molecule has 130 valence electrons. The number of primary amides is 1. The minimum Gasteiger partial charge on any atom is -0.366 e. The van der Waals surface area contributed by atoms with E-state index in [0.717, 1.165) is 22.9 Å². The van der Waals surface area contributed by atoms with Gasteiger partial charge in [0.1, 0.15) is 0 Å². The van der Waals surface area contributed by atoms with E-state index in [2.05, 4.69) is 35.1 Å². The number of nitrogens with zero attached hydrogens (tertiary/aromatic N) is 2. The molecular formula is C20H18N4O2. The van der Waals surface area contributed by atoms with Gasteiger partial charge in [0.15, 0.2) is 0 Å². The summed E-state index contributed by atoms with van der Waals surface area (Å²) in [4.78, 5) is 31.7. The van der Waals surface area contributed by atoms with Crippen LogP contribution in [0.5, 0.6) is 0 Å². The SMILES string of the molecule is CCc1cc2ccc(Cn3ccc4c(C(N)=O)cncc4c3=O)cc2[nH]1. The predicted molar refractivity (Wildman–Crippen MR) is 101 cm³/mol. The molecule has 6 nitrogen and oxygen atoms in total. The normalized spacial score (nSPS) is 11.3. The average molecular weight is 346 g/mol. The second-order valence-corrected chi connectivity index (χ2v) is 6.33. The summed E-state index contributed by atoms with van der Waals surface area (Å²) in [6.07, 6.45) is 5.50. The molecule has 0 aliphatic carbocycles. The first-order valence-corrected chi connectivity index (χ1v) is 8.44. The lowest BCUT2D eigenvalue weighted by atomic mass is 10.1. The number of H-pyrrole nitrogens is 1. The van der Waals surface area contributed by atoms with Gasteiger partial charge in [-0.1, -0.05) is 19.1 Å². The number of aromatic amines is 1. The molecule has 4 aromatic rings. The van der Waals surface area contributed by atoms with E-state index in [0.29, 0.717) is 17.3 Å². The Kier molecular flexibility index (Phi) is 3.80. The van der Waals surface area contributed by atoms with Gasteiger partial charge in [-0.3, -0.25) is 14.6 Å². The lowest BCUT2D eigenvalue weighted by molar-refractivity contribution is 0.100. The molecule has 1 amide bonds. The molecule has 0 saturated heterocycles. The van der Waals surface area contributed by atoms with Crippen LogP contribution in [0.2, 0.25) is 0 Å². The molecule has 3 heterocycles. The monoisotopic (exact) mass is 346 g/mol. The van der Waals surface area contributed by atoms with Gasteiger partial charge in [-0.05, 0) is 35.6 Å². The molecule has 0 unspecified atom stereocenters. The smallest absolute Gasteiger partial charge is 0.260 e. The number of aryl methyl sites for hydroxylation is 1. The highest BCUT2D eigenvalue weighted by Gasteiger charge is 2.11. The van der Waals surface area contributed by atoms with Crippen LogP contribution in [0.1, 0.15) is 28.5 Å². The number of benzene rings is 1. The van der Waals surface area contributed by atoms with Crippen LogP contribution < -0.4 is 11.3 Å². The van der Waals surface area contributed by atoms with Crippen LogP contribution in [0.25, 0.3) is 21.7 Å². The maximum absolute atomic E-state index is 12.8. The van der Waals surface area contributed by atoms with Crippen molar-refractivity contribution in [1.29, 1.82) is 0 Å². The first-order valence-electron chi connectivity index (χ1n) is 8.44. The van der Waals surface area contributed by atoms with Gasteiger partial charge in [-0.2, -0.15) is 0 Å². The fourth-order valence-electron chi connectivity index (χ4n) is 3.25. The predicted octanol–water partition coefficient (Wildman–Crippen LogP) is 2.59. The van der Waals surface area contributed by atoms with Crippen LogP contribution in [-0.4, -0.2) is 20.4 Å². The van der Waals surface area contributed by atoms with E-state index >= 15 is 0 Å². The fraction of sp³-hybridized carbons (Fsp3) is 0.150. The Morgan fingerprint density at radius 1 is 1.19 bits per heavy atom. The molecule has 0 bridgehead atoms. The maximum atomic E-state index is 12.8. The van der Waals surface area contributed by atoms with Gasteiger partial charge in [-0.15, -0.1) is 0 Å². The molecule has 0 spiro atoms. The van der Waals surface area contributed by atoms with Gasteiger partial charge < -0.3 is 15.3 Å². The Morgan fingerprint density at radius 3 is 2.81 bits per heavy atom. The third-order valence-electron chi connectivity index (χ3n) is 4.64. The number of amides is 1. The largest absolute Gasteiger partial charge is 0.366 e. The molecule has 3 aromatic heterocycles. The summed E-state index contributed by atoms with van der Waals surface area (Å²) in [7, 11) is 0. The van der Waals surface area contributed by atoms with Crippen LogP contribution in [-0.2, 0) is 13.0 Å². The average Bonchev–Trinajstić information content (AvgIpc) is 3.06. The number of hydrogen-bond donors (Lipinski definition) is 2. The highest BCUT2D eigenvalue weighted by atomic mass is 16.1. The zero-order chi connectivity index (χ0) is 18.3. The summed E-state index contributed by atoms with van der Waals surface area (Å²) in [6, 6.07) is 10.0. The van der Waals surface area contributed by atoms with Crippen LogP contribution in [0.3, 0.4) is 0 Å². The minimum atomic E-state index is -0.593. The van der Waals surface area contributed by atoms with Crippen LogP contribution in [0.4, 0.5) is 0 Å². The molecule has 0 saturated carbocycles. The third kappa shape index (κ3) is 2.65. The van der Waals surface area contributed by atoms with Crippen molar-refractivity contribution in [2.75, 3.05) is 0 Å². The van der Waals surface area contributed by atoms with Crippen molar-refractivity contribution < 1.29 is 4.79 Å². The van der Waals surface area contributed by atoms with Gasteiger partial charge in [0.25, 0.3) is 11.5 Å². The van der Waals surface area contributed by atoms with Gasteiger partial charge in [0.05, 0.1) is 17.5 Å². The zero-order valence-corrected chi connectivity index (χ0v) is 14.3. The molecular weight excluding hydrogens is 328 g/mol. The van der Waals surface area contributed by atoms with Gasteiger partial charge in [0, 0.05) is 35.2 Å². The third-order valence-corrected chi connectivity index (χ3v) is 4.64. The summed E-state index contributed by atoms with van der Waals surface area (Å²) >= 11 is 0. The first-order chi connectivity index (χ1) is 12.6. The highest BCUT2D eigenvalue weighted by molar-refractivity contribution is 6.05. The molecule has 4 rings (SSSR count). The van der Waals surface area contributed by atoms with Gasteiger partial charge in [0.2, 0.25) is 0 Å². The van der Waals surface area contributed by atoms with Gasteiger partial charge >= 0.3 is 0 Å². The van der Waals surface area contributed by atoms with Crippen LogP contribution in [0.15, 0.2) is 53.7 Å². The highest BCUT2D eigenvalue weighted by Crippen LogP contribution is 2.19. The van der Waals surface area contributed by atoms with E-state index in [1.807, 2.05) is 6.07 Å². The Morgan fingerprint density at radius 2 is 2.04 bits per heavy atom. The number of nitrogens with two attached hydrogens (primary N) is 1. The summed E-state index contributed by atoms with van der Waals surface area (Å²) < 4.78 is 1.61. The molecule has 0 atom stereocenters. The zero-order valence-electron chi connectivity index (χ0n) is 14.3. The number of carbonyl (C=O) groups excluding carboxylic acids is 1. The molecule has 6 heteroatoms. The Labute approximate surface area is 149 Å². The van der Waals surface area contributed by atoms with Gasteiger partial charge in [-0.25, -0.2) is 0 Å². The topological polar surface area (TPSA) is 93.8 Å². The van der Waals surface area contributed by atoms with E-state index in [-0.39, 0.29) is 11.1 Å². The Balaban J connectivity index is 1.76. The van der Waals surface area contributed by atoms with Crippen molar-refractivity contribution >= 4 is 27.6 Å². The molecule has 26 heavy (non-hydrogen) atoms. The number of rotatable bonds is 4. The van der Waals surface area contributed by atoms with E-state index < -0.39 is 5.91 Å². The van der Waals surface area contributed by atoms with E-state index in [4.69, 9.17) is 5.73 Å². The summed E-state index contributed by atoms with van der Waals surface area (Å²) in [5.74, 6) is -0.593. The minimum absolute atomic E-state index is 0.195.